The van der Waals surface area contributed by atoms with E-state index in [0.717, 1.165) is 5.56 Å². The third-order valence-electron chi connectivity index (χ3n) is 2.79. The normalized spacial score (nSPS) is 10.3. The minimum atomic E-state index is -0.575. The Morgan fingerprint density at radius 1 is 1.20 bits per heavy atom. The van der Waals surface area contributed by atoms with Crippen LogP contribution in [0.2, 0.25) is 0 Å². The summed E-state index contributed by atoms with van der Waals surface area (Å²) in [5.74, 6) is -1.07. The molecule has 0 radical (unpaired) electrons. The van der Waals surface area contributed by atoms with Crippen LogP contribution in [-0.4, -0.2) is 17.6 Å². The van der Waals surface area contributed by atoms with Crippen molar-refractivity contribution in [2.45, 2.75) is 6.42 Å². The fourth-order valence-corrected chi connectivity index (χ4v) is 2.09. The molecule has 0 heterocycles. The van der Waals surface area contributed by atoms with Gasteiger partial charge in [-0.1, -0.05) is 28.1 Å². The van der Waals surface area contributed by atoms with Gasteiger partial charge in [0.25, 0.3) is 5.91 Å². The molecule has 0 atom stereocenters. The van der Waals surface area contributed by atoms with Crippen LogP contribution in [-0.2, 0) is 6.42 Å². The zero-order chi connectivity index (χ0) is 14.5. The first kappa shape index (κ1) is 14.7. The molecule has 0 bridgehead atoms. The van der Waals surface area contributed by atoms with Gasteiger partial charge in [-0.2, -0.15) is 0 Å². The van der Waals surface area contributed by atoms with Gasteiger partial charge in [-0.25, -0.2) is 4.39 Å². The number of hydrogen-bond acceptors (Lipinski definition) is 2. The topological polar surface area (TPSA) is 49.3 Å². The molecule has 0 aromatic heterocycles. The van der Waals surface area contributed by atoms with E-state index in [2.05, 4.69) is 21.2 Å². The van der Waals surface area contributed by atoms with E-state index >= 15 is 0 Å². The number of aliphatic hydroxyl groups is 1. The average molecular weight is 338 g/mol. The fourth-order valence-electron chi connectivity index (χ4n) is 1.76. The van der Waals surface area contributed by atoms with Crippen molar-refractivity contribution in [1.82, 2.24) is 0 Å². The van der Waals surface area contributed by atoms with Gasteiger partial charge in [0.1, 0.15) is 5.82 Å². The quantitative estimate of drug-likeness (QED) is 0.898. The molecular formula is C15H13BrFNO2. The number of aliphatic hydroxyl groups excluding tert-OH is 1. The highest BCUT2D eigenvalue weighted by Crippen LogP contribution is 2.17. The van der Waals surface area contributed by atoms with Crippen LogP contribution in [0.1, 0.15) is 15.9 Å². The molecule has 0 saturated heterocycles. The maximum atomic E-state index is 13.6. The first-order chi connectivity index (χ1) is 9.60. The Bertz CT molecular complexity index is 614. The fraction of sp³-hybridized carbons (Fsp3) is 0.133. The number of carbonyl (C=O) groups excluding carboxylic acids is 1. The van der Waals surface area contributed by atoms with E-state index in [-0.39, 0.29) is 12.2 Å². The van der Waals surface area contributed by atoms with Crippen LogP contribution in [0.4, 0.5) is 10.1 Å². The van der Waals surface area contributed by atoms with E-state index in [1.807, 2.05) is 12.1 Å². The molecular weight excluding hydrogens is 325 g/mol. The van der Waals surface area contributed by atoms with Gasteiger partial charge in [0.05, 0.1) is 5.56 Å². The molecule has 0 aliphatic heterocycles. The van der Waals surface area contributed by atoms with Crippen LogP contribution in [0.3, 0.4) is 0 Å². The number of amides is 1. The van der Waals surface area contributed by atoms with Gasteiger partial charge in [-0.05, 0) is 42.3 Å². The van der Waals surface area contributed by atoms with Crippen molar-refractivity contribution in [3.05, 3.63) is 63.9 Å². The summed E-state index contributed by atoms with van der Waals surface area (Å²) in [5.41, 5.74) is 1.55. The van der Waals surface area contributed by atoms with Crippen molar-refractivity contribution < 1.29 is 14.3 Å². The second kappa shape index (κ2) is 6.63. The van der Waals surface area contributed by atoms with Gasteiger partial charge in [0.2, 0.25) is 0 Å². The van der Waals surface area contributed by atoms with Gasteiger partial charge in [-0.15, -0.1) is 0 Å². The highest BCUT2D eigenvalue weighted by Gasteiger charge is 2.12. The third-order valence-corrected chi connectivity index (χ3v) is 3.28. The Balaban J connectivity index is 2.11. The van der Waals surface area contributed by atoms with E-state index in [4.69, 9.17) is 5.11 Å². The van der Waals surface area contributed by atoms with E-state index in [1.165, 1.54) is 12.1 Å². The lowest BCUT2D eigenvalue weighted by molar-refractivity contribution is 0.102. The number of halogens is 2. The predicted molar refractivity (Wildman–Crippen MR) is 79.3 cm³/mol. The van der Waals surface area contributed by atoms with E-state index in [0.29, 0.717) is 16.6 Å². The molecule has 2 aromatic rings. The van der Waals surface area contributed by atoms with Crippen molar-refractivity contribution in [2.75, 3.05) is 11.9 Å². The lowest BCUT2D eigenvalue weighted by Gasteiger charge is -2.07. The Morgan fingerprint density at radius 2 is 1.90 bits per heavy atom. The molecule has 0 aliphatic carbocycles. The van der Waals surface area contributed by atoms with Crippen LogP contribution < -0.4 is 5.32 Å². The summed E-state index contributed by atoms with van der Waals surface area (Å²) in [5, 5.41) is 11.5. The molecule has 0 spiro atoms. The van der Waals surface area contributed by atoms with Crippen LogP contribution in [0.25, 0.3) is 0 Å². The molecule has 2 N–H and O–H groups in total. The second-order valence-corrected chi connectivity index (χ2v) is 5.16. The average Bonchev–Trinajstić information content (AvgIpc) is 2.41. The van der Waals surface area contributed by atoms with Gasteiger partial charge >= 0.3 is 0 Å². The molecule has 0 unspecified atom stereocenters. The second-order valence-electron chi connectivity index (χ2n) is 4.25. The molecule has 0 fully saturated rings. The number of nitrogens with one attached hydrogen (secondary N) is 1. The third kappa shape index (κ3) is 3.65. The van der Waals surface area contributed by atoms with Crippen molar-refractivity contribution in [1.29, 1.82) is 0 Å². The van der Waals surface area contributed by atoms with Crippen molar-refractivity contribution in [3.63, 3.8) is 0 Å². The van der Waals surface area contributed by atoms with E-state index in [1.54, 1.807) is 18.2 Å². The molecule has 104 valence electrons. The lowest BCUT2D eigenvalue weighted by Crippen LogP contribution is -2.13. The van der Waals surface area contributed by atoms with Crippen LogP contribution in [0.5, 0.6) is 0 Å². The summed E-state index contributed by atoms with van der Waals surface area (Å²) in [4.78, 5) is 12.0. The molecule has 0 aliphatic rings. The summed E-state index contributed by atoms with van der Waals surface area (Å²) in [6, 6.07) is 11.4. The number of carbonyl (C=O) groups is 1. The molecule has 0 saturated carbocycles. The Labute approximate surface area is 124 Å². The van der Waals surface area contributed by atoms with Crippen molar-refractivity contribution in [2.24, 2.45) is 0 Å². The van der Waals surface area contributed by atoms with E-state index < -0.39 is 11.7 Å². The summed E-state index contributed by atoms with van der Waals surface area (Å²) in [6.45, 7) is 0.0792. The molecule has 3 nitrogen and oxygen atoms in total. The smallest absolute Gasteiger partial charge is 0.258 e. The van der Waals surface area contributed by atoms with Gasteiger partial charge in [-0.3, -0.25) is 4.79 Å². The number of rotatable bonds is 4. The maximum absolute atomic E-state index is 13.6. The Hall–Kier alpha value is -1.72. The minimum Gasteiger partial charge on any atom is -0.396 e. The number of benzene rings is 2. The minimum absolute atomic E-state index is 0.00682. The first-order valence-corrected chi connectivity index (χ1v) is 6.85. The molecule has 2 aromatic carbocycles. The molecule has 20 heavy (non-hydrogen) atoms. The number of hydrogen-bond donors (Lipinski definition) is 2. The summed E-state index contributed by atoms with van der Waals surface area (Å²) in [6.07, 6.45) is 0.565. The molecule has 1 amide bonds. The summed E-state index contributed by atoms with van der Waals surface area (Å²) < 4.78 is 14.2. The van der Waals surface area contributed by atoms with Crippen molar-refractivity contribution >= 4 is 27.5 Å². The van der Waals surface area contributed by atoms with E-state index in [9.17, 15) is 9.18 Å². The monoisotopic (exact) mass is 337 g/mol. The number of anilines is 1. The first-order valence-electron chi connectivity index (χ1n) is 6.06. The molecule has 2 rings (SSSR count). The van der Waals surface area contributed by atoms with Gasteiger partial charge in [0.15, 0.2) is 0 Å². The largest absolute Gasteiger partial charge is 0.396 e. The lowest BCUT2D eigenvalue weighted by atomic mass is 10.1. The van der Waals surface area contributed by atoms with Gasteiger partial charge < -0.3 is 10.4 Å². The van der Waals surface area contributed by atoms with Crippen LogP contribution in [0, 0.1) is 5.82 Å². The predicted octanol–water partition coefficient (Wildman–Crippen LogP) is 3.38. The maximum Gasteiger partial charge on any atom is 0.258 e. The zero-order valence-electron chi connectivity index (χ0n) is 10.6. The Morgan fingerprint density at radius 3 is 2.50 bits per heavy atom. The van der Waals surface area contributed by atoms with Crippen LogP contribution in [0.15, 0.2) is 46.9 Å². The van der Waals surface area contributed by atoms with Gasteiger partial charge in [0, 0.05) is 16.8 Å². The Kier molecular flexibility index (Phi) is 4.87. The summed E-state index contributed by atoms with van der Waals surface area (Å²) in [7, 11) is 0. The molecule has 5 heteroatoms. The zero-order valence-corrected chi connectivity index (χ0v) is 12.2. The highest BCUT2D eigenvalue weighted by atomic mass is 79.9. The highest BCUT2D eigenvalue weighted by molar-refractivity contribution is 9.10. The SMILES string of the molecule is O=C(Nc1ccc(CCO)cc1)c1ccc(Br)cc1F. The van der Waals surface area contributed by atoms with Crippen LogP contribution >= 0.6 is 15.9 Å². The standard InChI is InChI=1S/C15H13BrFNO2/c16-11-3-6-13(14(17)9-11)15(20)18-12-4-1-10(2-5-12)7-8-19/h1-6,9,19H,7-8H2,(H,18,20). The summed E-state index contributed by atoms with van der Waals surface area (Å²) >= 11 is 3.14. The van der Waals surface area contributed by atoms with Crippen molar-refractivity contribution in [3.8, 4) is 0 Å².